The fourth-order valence-corrected chi connectivity index (χ4v) is 7.14. The first kappa shape index (κ1) is 32.4. The van der Waals surface area contributed by atoms with E-state index in [-0.39, 0.29) is 22.5 Å². The third kappa shape index (κ3) is 6.24. The number of fused-ring (bicyclic) bond motifs is 1. The summed E-state index contributed by atoms with van der Waals surface area (Å²) in [5.74, 6) is -3.57. The minimum Gasteiger partial charge on any atom is -0.790 e. The number of aliphatic hydroxyl groups excluding tert-OH is 4. The molecule has 3 aromatic heterocycles. The van der Waals surface area contributed by atoms with Gasteiger partial charge in [0.15, 0.2) is 42.0 Å². The Kier molecular flexibility index (Phi) is 8.88. The highest BCUT2D eigenvalue weighted by atomic mass is 31.2. The number of anilines is 1. The number of nitrogens with two attached hydrogens (primary N) is 2. The zero-order valence-corrected chi connectivity index (χ0v) is 23.9. The second-order valence-corrected chi connectivity index (χ2v) is 12.8. The van der Waals surface area contributed by atoms with Gasteiger partial charge in [0.05, 0.1) is 20.8 Å². The van der Waals surface area contributed by atoms with Crippen molar-refractivity contribution in [3.05, 3.63) is 42.7 Å². The van der Waals surface area contributed by atoms with Crippen LogP contribution in [0.4, 0.5) is 5.82 Å². The first-order chi connectivity index (χ1) is 20.6. The second-order valence-electron chi connectivity index (χ2n) is 9.81. The first-order valence-corrected chi connectivity index (χ1v) is 15.6. The monoisotopic (exact) mass is 662 g/mol. The molecule has 21 nitrogen and oxygen atoms in total. The van der Waals surface area contributed by atoms with Gasteiger partial charge in [-0.15, -0.1) is 0 Å². The number of carbonyl (C=O) groups is 1. The molecule has 10 unspecified atom stereocenters. The second kappa shape index (κ2) is 12.1. The smallest absolute Gasteiger partial charge is 0.359 e. The Morgan fingerprint density at radius 1 is 1.11 bits per heavy atom. The molecule has 23 heteroatoms. The molecular weight excluding hydrogens is 636 g/mol. The minimum absolute atomic E-state index is 0.0191. The van der Waals surface area contributed by atoms with Gasteiger partial charge in [0.1, 0.15) is 47.9 Å². The van der Waals surface area contributed by atoms with Crippen LogP contribution in [0.1, 0.15) is 22.8 Å². The van der Waals surface area contributed by atoms with E-state index in [1.807, 2.05) is 0 Å². The van der Waals surface area contributed by atoms with Gasteiger partial charge in [-0.1, -0.05) is 0 Å². The number of aromatic nitrogens is 5. The molecule has 2 aliphatic rings. The molecule has 1 amide bonds. The zero-order valence-electron chi connectivity index (χ0n) is 22.1. The maximum atomic E-state index is 13.3. The summed E-state index contributed by atoms with van der Waals surface area (Å²) in [6, 6.07) is 2.65. The van der Waals surface area contributed by atoms with Gasteiger partial charge in [0.2, 0.25) is 0 Å². The molecule has 0 spiro atoms. The Hall–Kier alpha value is -3.01. The number of carbonyl (C=O) groups excluding carboxylic acids is 1. The molecule has 44 heavy (non-hydrogen) atoms. The number of hydrogen-bond donors (Lipinski definition) is 7. The number of ether oxygens (including phenoxy) is 2. The van der Waals surface area contributed by atoms with Crippen LogP contribution >= 0.6 is 15.4 Å². The largest absolute Gasteiger partial charge is 0.790 e. The van der Waals surface area contributed by atoms with Gasteiger partial charge in [-0.05, 0) is 6.07 Å². The third-order valence-corrected chi connectivity index (χ3v) is 9.15. The molecule has 2 fully saturated rings. The summed E-state index contributed by atoms with van der Waals surface area (Å²) < 4.78 is 47.5. The van der Waals surface area contributed by atoms with Crippen LogP contribution in [-0.4, -0.2) is 99.8 Å². The van der Waals surface area contributed by atoms with E-state index in [1.165, 1.54) is 29.2 Å². The van der Waals surface area contributed by atoms with E-state index >= 15 is 0 Å². The van der Waals surface area contributed by atoms with Crippen LogP contribution in [0.2, 0.25) is 0 Å². The van der Waals surface area contributed by atoms with E-state index < -0.39 is 82.9 Å². The van der Waals surface area contributed by atoms with Crippen molar-refractivity contribution in [3.8, 4) is 0 Å². The van der Waals surface area contributed by atoms with Crippen LogP contribution < -0.4 is 25.8 Å². The summed E-state index contributed by atoms with van der Waals surface area (Å²) in [5.41, 5.74) is 11.2. The number of primary amides is 1. The number of hydrogen-bond acceptors (Lipinski definition) is 17. The Bertz CT molecular complexity index is 1640. The molecule has 0 bridgehead atoms. The van der Waals surface area contributed by atoms with Crippen molar-refractivity contribution in [2.24, 2.45) is 5.73 Å². The lowest BCUT2D eigenvalue weighted by atomic mass is 10.1. The molecule has 2 saturated heterocycles. The standard InChI is InChI=1S/C21H27N7O14P2/c22-16-10-18(25-6-24-16)28(7-26-10)20-13(31)11(29)9(40-20)5-39-43(34,35)21(42-44(36,37)38)15-12(30)14(32)19(41-15)27-3-1-2-8(4-27)17(23)33/h1-4,6-7,9,11-15,19-21,29-32H,5H2,(H6-,22,23,24,25,33,34,35,36,37,38)/p-1. The van der Waals surface area contributed by atoms with Crippen LogP contribution in [0.3, 0.4) is 0 Å². The minimum atomic E-state index is -6.08. The van der Waals surface area contributed by atoms with Crippen molar-refractivity contribution in [3.63, 3.8) is 0 Å². The SMILES string of the molecule is NC(=O)c1ccc[n+](C2OC(C(OP(=O)([O-])[O-])P(=O)(O)OCC3OC(n4cnc5c(N)ncnc54)C(O)C3O)C(O)C2O)c1. The number of nitrogens with zero attached hydrogens (tertiary/aromatic N) is 5. The zero-order chi connectivity index (χ0) is 32.1. The summed E-state index contributed by atoms with van der Waals surface area (Å²) in [7, 11) is -11.6. The maximum Gasteiger partial charge on any atom is 0.359 e. The molecule has 9 N–H and O–H groups in total. The molecule has 0 radical (unpaired) electrons. The molecule has 10 atom stereocenters. The molecular formula is C21H26N7O14P2-. The van der Waals surface area contributed by atoms with Gasteiger partial charge in [0, 0.05) is 6.07 Å². The summed E-state index contributed by atoms with van der Waals surface area (Å²) >= 11 is 0. The number of amides is 1. The van der Waals surface area contributed by atoms with E-state index in [0.717, 1.165) is 17.1 Å². The predicted octanol–water partition coefficient (Wildman–Crippen LogP) is -4.89. The van der Waals surface area contributed by atoms with E-state index in [9.17, 15) is 49.0 Å². The van der Waals surface area contributed by atoms with Gasteiger partial charge in [-0.25, -0.2) is 15.0 Å². The fraction of sp³-hybridized carbons (Fsp3) is 0.476. The van der Waals surface area contributed by atoms with Crippen molar-refractivity contribution in [2.75, 3.05) is 12.3 Å². The lowest BCUT2D eigenvalue weighted by molar-refractivity contribution is -0.766. The lowest BCUT2D eigenvalue weighted by Gasteiger charge is -2.37. The van der Waals surface area contributed by atoms with Gasteiger partial charge in [0.25, 0.3) is 12.1 Å². The van der Waals surface area contributed by atoms with Crippen molar-refractivity contribution in [1.82, 2.24) is 19.5 Å². The number of phosphoric acid groups is 1. The topological polar surface area (TPSA) is 335 Å². The molecule has 240 valence electrons. The van der Waals surface area contributed by atoms with Crippen LogP contribution in [0.5, 0.6) is 0 Å². The number of pyridine rings is 1. The van der Waals surface area contributed by atoms with E-state index in [1.54, 1.807) is 0 Å². The fourth-order valence-electron chi connectivity index (χ4n) is 4.81. The quantitative estimate of drug-likeness (QED) is 0.0790. The molecule has 5 rings (SSSR count). The first-order valence-electron chi connectivity index (χ1n) is 12.5. The van der Waals surface area contributed by atoms with Gasteiger partial charge < -0.3 is 69.7 Å². The normalized spacial score (nSPS) is 31.2. The number of aliphatic hydroxyl groups is 4. The Morgan fingerprint density at radius 2 is 1.84 bits per heavy atom. The molecule has 0 aromatic carbocycles. The maximum absolute atomic E-state index is 13.3. The lowest BCUT2D eigenvalue weighted by Crippen LogP contribution is -2.46. The molecule has 3 aromatic rings. The highest BCUT2D eigenvalue weighted by Gasteiger charge is 2.57. The molecule has 2 aliphatic heterocycles. The highest BCUT2D eigenvalue weighted by Crippen LogP contribution is 2.56. The van der Waals surface area contributed by atoms with E-state index in [2.05, 4.69) is 19.5 Å². The summed E-state index contributed by atoms with van der Waals surface area (Å²) in [6.45, 7) is -0.988. The predicted molar refractivity (Wildman–Crippen MR) is 135 cm³/mol. The molecule has 0 saturated carbocycles. The van der Waals surface area contributed by atoms with Gasteiger partial charge in [-0.3, -0.25) is 13.9 Å². The van der Waals surface area contributed by atoms with Gasteiger partial charge >= 0.3 is 7.60 Å². The average molecular weight is 662 g/mol. The van der Waals surface area contributed by atoms with Crippen molar-refractivity contribution in [1.29, 1.82) is 0 Å². The van der Waals surface area contributed by atoms with Crippen LogP contribution in [0, 0.1) is 0 Å². The summed E-state index contributed by atoms with van der Waals surface area (Å²) in [5, 5.41) is 42.4. The molecule has 0 aliphatic carbocycles. The summed E-state index contributed by atoms with van der Waals surface area (Å²) in [6.07, 6.45) is -9.36. The van der Waals surface area contributed by atoms with Crippen molar-refractivity contribution in [2.45, 2.75) is 54.9 Å². The third-order valence-electron chi connectivity index (χ3n) is 6.94. The number of nitrogen functional groups attached to an aromatic ring is 1. The van der Waals surface area contributed by atoms with E-state index in [0.29, 0.717) is 0 Å². The molecule has 5 heterocycles. The van der Waals surface area contributed by atoms with Crippen LogP contribution in [0.15, 0.2) is 37.2 Å². The van der Waals surface area contributed by atoms with Crippen LogP contribution in [0.25, 0.3) is 11.2 Å². The van der Waals surface area contributed by atoms with Gasteiger partial charge in [-0.2, -0.15) is 4.57 Å². The Balaban J connectivity index is 1.35. The van der Waals surface area contributed by atoms with E-state index in [4.69, 9.17) is 25.5 Å². The summed E-state index contributed by atoms with van der Waals surface area (Å²) in [4.78, 5) is 57.2. The average Bonchev–Trinajstić information content (AvgIpc) is 3.60. The van der Waals surface area contributed by atoms with Crippen LogP contribution in [-0.2, 0) is 27.7 Å². The number of phosphoric ester groups is 1. The highest BCUT2D eigenvalue weighted by molar-refractivity contribution is 7.54. The number of rotatable bonds is 10. The Morgan fingerprint density at radius 3 is 2.52 bits per heavy atom. The Labute approximate surface area is 246 Å². The number of imidazole rings is 1. The van der Waals surface area contributed by atoms with Crippen molar-refractivity contribution >= 4 is 38.3 Å². The van der Waals surface area contributed by atoms with Crippen molar-refractivity contribution < 1.29 is 72.1 Å².